The molecule has 1 aliphatic rings. The van der Waals surface area contributed by atoms with Crippen molar-refractivity contribution in [3.8, 4) is 6.07 Å². The van der Waals surface area contributed by atoms with E-state index in [1.807, 2.05) is 31.2 Å². The van der Waals surface area contributed by atoms with Gasteiger partial charge in [-0.1, -0.05) is 35.9 Å². The lowest BCUT2D eigenvalue weighted by molar-refractivity contribution is -0.124. The molecular weight excluding hydrogens is 350 g/mol. The highest BCUT2D eigenvalue weighted by Gasteiger charge is 2.29. The van der Waals surface area contributed by atoms with Crippen LogP contribution in [-0.2, 0) is 9.53 Å². The van der Waals surface area contributed by atoms with Gasteiger partial charge in [0, 0.05) is 29.4 Å². The van der Waals surface area contributed by atoms with E-state index in [2.05, 4.69) is 16.3 Å². The Morgan fingerprint density at radius 2 is 2.15 bits per heavy atom. The summed E-state index contributed by atoms with van der Waals surface area (Å²) in [5, 5.41) is 12.5. The molecule has 0 saturated carbocycles. The molecule has 0 bridgehead atoms. The Morgan fingerprint density at radius 1 is 1.35 bits per heavy atom. The van der Waals surface area contributed by atoms with E-state index < -0.39 is 0 Å². The molecule has 0 aromatic heterocycles. The van der Waals surface area contributed by atoms with Crippen LogP contribution in [0.2, 0.25) is 5.02 Å². The fraction of sp³-hybridized carbons (Fsp3) is 0.300. The lowest BCUT2D eigenvalue weighted by Crippen LogP contribution is -2.48. The fourth-order valence-corrected chi connectivity index (χ4v) is 3.28. The molecule has 1 heterocycles. The lowest BCUT2D eigenvalue weighted by atomic mass is 10.1. The molecule has 134 valence electrons. The third kappa shape index (κ3) is 4.23. The van der Waals surface area contributed by atoms with Crippen LogP contribution in [0.15, 0.2) is 48.5 Å². The third-order valence-corrected chi connectivity index (χ3v) is 4.88. The summed E-state index contributed by atoms with van der Waals surface area (Å²) in [5.41, 5.74) is 2.07. The number of halogens is 1. The van der Waals surface area contributed by atoms with Gasteiger partial charge in [0.25, 0.3) is 0 Å². The maximum atomic E-state index is 12.6. The van der Waals surface area contributed by atoms with E-state index in [4.69, 9.17) is 21.6 Å². The van der Waals surface area contributed by atoms with E-state index in [0.29, 0.717) is 36.0 Å². The topological polar surface area (TPSA) is 65.4 Å². The van der Waals surface area contributed by atoms with Crippen LogP contribution in [0.5, 0.6) is 0 Å². The van der Waals surface area contributed by atoms with Crippen LogP contribution in [0.4, 0.5) is 5.69 Å². The van der Waals surface area contributed by atoms with Crippen LogP contribution in [0, 0.1) is 11.3 Å². The smallest absolute Gasteiger partial charge is 0.241 e. The molecule has 0 spiro atoms. The zero-order valence-corrected chi connectivity index (χ0v) is 15.2. The molecule has 2 atom stereocenters. The van der Waals surface area contributed by atoms with Crippen molar-refractivity contribution in [2.45, 2.75) is 19.1 Å². The molecule has 26 heavy (non-hydrogen) atoms. The molecule has 5 nitrogen and oxygen atoms in total. The van der Waals surface area contributed by atoms with Gasteiger partial charge in [-0.15, -0.1) is 0 Å². The maximum absolute atomic E-state index is 12.6. The molecule has 1 N–H and O–H groups in total. The molecule has 2 unspecified atom stereocenters. The average molecular weight is 370 g/mol. The van der Waals surface area contributed by atoms with Gasteiger partial charge in [-0.2, -0.15) is 5.26 Å². The number of amides is 1. The molecule has 1 saturated heterocycles. The Kier molecular flexibility index (Phi) is 5.89. The standard InChI is InChI=1S/C20H20ClN3O2/c1-14(20(25)23-16-6-4-5-15(11-16)12-22)24-9-10-26-19(13-24)17-7-2-3-8-18(17)21/h2-8,11,14,19H,9-10,13H2,1H3,(H,23,25). The van der Waals surface area contributed by atoms with Crippen LogP contribution in [0.25, 0.3) is 0 Å². The Balaban J connectivity index is 1.67. The summed E-state index contributed by atoms with van der Waals surface area (Å²) in [6, 6.07) is 16.3. The first-order valence-electron chi connectivity index (χ1n) is 8.49. The number of carbonyl (C=O) groups is 1. The van der Waals surface area contributed by atoms with Crippen LogP contribution in [0.1, 0.15) is 24.2 Å². The number of anilines is 1. The highest BCUT2D eigenvalue weighted by Crippen LogP contribution is 2.29. The van der Waals surface area contributed by atoms with Crippen LogP contribution < -0.4 is 5.32 Å². The quantitative estimate of drug-likeness (QED) is 0.894. The highest BCUT2D eigenvalue weighted by molar-refractivity contribution is 6.31. The number of benzene rings is 2. The van der Waals surface area contributed by atoms with Crippen molar-refractivity contribution in [2.75, 3.05) is 25.0 Å². The molecule has 3 rings (SSSR count). The van der Waals surface area contributed by atoms with Crippen molar-refractivity contribution in [3.05, 3.63) is 64.7 Å². The summed E-state index contributed by atoms with van der Waals surface area (Å²) in [7, 11) is 0. The number of morpholine rings is 1. The SMILES string of the molecule is CC(C(=O)Nc1cccc(C#N)c1)N1CCOC(c2ccccc2Cl)C1. The largest absolute Gasteiger partial charge is 0.371 e. The van der Waals surface area contributed by atoms with Gasteiger partial charge >= 0.3 is 0 Å². The zero-order chi connectivity index (χ0) is 18.5. The Hall–Kier alpha value is -2.39. The zero-order valence-electron chi connectivity index (χ0n) is 14.5. The second kappa shape index (κ2) is 8.33. The van der Waals surface area contributed by atoms with E-state index in [0.717, 1.165) is 5.56 Å². The van der Waals surface area contributed by atoms with Gasteiger partial charge in [0.2, 0.25) is 5.91 Å². The summed E-state index contributed by atoms with van der Waals surface area (Å²) < 4.78 is 5.86. The molecule has 2 aromatic rings. The number of ether oxygens (including phenoxy) is 1. The Bertz CT molecular complexity index is 834. The molecular formula is C20H20ClN3O2. The van der Waals surface area contributed by atoms with Gasteiger partial charge in [-0.05, 0) is 31.2 Å². The van der Waals surface area contributed by atoms with Crippen molar-refractivity contribution in [3.63, 3.8) is 0 Å². The van der Waals surface area contributed by atoms with E-state index >= 15 is 0 Å². The first-order chi connectivity index (χ1) is 12.6. The minimum Gasteiger partial charge on any atom is -0.371 e. The van der Waals surface area contributed by atoms with Gasteiger partial charge in [0.15, 0.2) is 0 Å². The normalized spacial score (nSPS) is 18.7. The predicted octanol–water partition coefficient (Wildman–Crippen LogP) is 3.61. The van der Waals surface area contributed by atoms with Gasteiger partial charge in [0.1, 0.15) is 0 Å². The number of rotatable bonds is 4. The summed E-state index contributed by atoms with van der Waals surface area (Å²) in [6.07, 6.45) is -0.158. The van der Waals surface area contributed by atoms with Crippen molar-refractivity contribution < 1.29 is 9.53 Å². The van der Waals surface area contributed by atoms with Crippen molar-refractivity contribution in [1.82, 2.24) is 4.90 Å². The molecule has 6 heteroatoms. The number of nitrogens with zero attached hydrogens (tertiary/aromatic N) is 2. The second-order valence-electron chi connectivity index (χ2n) is 6.23. The van der Waals surface area contributed by atoms with Crippen molar-refractivity contribution in [2.24, 2.45) is 0 Å². The van der Waals surface area contributed by atoms with Gasteiger partial charge < -0.3 is 10.1 Å². The van der Waals surface area contributed by atoms with Gasteiger partial charge in [-0.3, -0.25) is 9.69 Å². The summed E-state index contributed by atoms with van der Waals surface area (Å²) in [6.45, 7) is 3.68. The van der Waals surface area contributed by atoms with Gasteiger partial charge in [0.05, 0.1) is 30.4 Å². The predicted molar refractivity (Wildman–Crippen MR) is 101 cm³/mol. The number of carbonyl (C=O) groups excluding carboxylic acids is 1. The first-order valence-corrected chi connectivity index (χ1v) is 8.87. The fourth-order valence-electron chi connectivity index (χ4n) is 3.02. The summed E-state index contributed by atoms with van der Waals surface area (Å²) in [4.78, 5) is 14.7. The number of hydrogen-bond donors (Lipinski definition) is 1. The Labute approximate surface area is 158 Å². The monoisotopic (exact) mass is 369 g/mol. The molecule has 1 aliphatic heterocycles. The second-order valence-corrected chi connectivity index (χ2v) is 6.64. The average Bonchev–Trinajstić information content (AvgIpc) is 2.68. The minimum atomic E-state index is -0.324. The molecule has 0 radical (unpaired) electrons. The highest BCUT2D eigenvalue weighted by atomic mass is 35.5. The number of hydrogen-bond acceptors (Lipinski definition) is 4. The Morgan fingerprint density at radius 3 is 2.92 bits per heavy atom. The summed E-state index contributed by atoms with van der Waals surface area (Å²) in [5.74, 6) is -0.111. The van der Waals surface area contributed by atoms with E-state index in [-0.39, 0.29) is 18.1 Å². The van der Waals surface area contributed by atoms with Crippen LogP contribution >= 0.6 is 11.6 Å². The summed E-state index contributed by atoms with van der Waals surface area (Å²) >= 11 is 6.28. The lowest BCUT2D eigenvalue weighted by Gasteiger charge is -2.36. The maximum Gasteiger partial charge on any atom is 0.241 e. The number of nitrogens with one attached hydrogen (secondary N) is 1. The van der Waals surface area contributed by atoms with Crippen molar-refractivity contribution in [1.29, 1.82) is 5.26 Å². The minimum absolute atomic E-state index is 0.111. The van der Waals surface area contributed by atoms with Gasteiger partial charge in [-0.25, -0.2) is 0 Å². The number of nitriles is 1. The third-order valence-electron chi connectivity index (χ3n) is 4.54. The molecule has 2 aromatic carbocycles. The molecule has 1 amide bonds. The van der Waals surface area contributed by atoms with Crippen LogP contribution in [-0.4, -0.2) is 36.5 Å². The van der Waals surface area contributed by atoms with E-state index in [1.54, 1.807) is 24.3 Å². The molecule has 0 aliphatic carbocycles. The van der Waals surface area contributed by atoms with Crippen LogP contribution in [0.3, 0.4) is 0 Å². The van der Waals surface area contributed by atoms with Crippen molar-refractivity contribution >= 4 is 23.2 Å². The van der Waals surface area contributed by atoms with E-state index in [1.165, 1.54) is 0 Å². The first kappa shape index (κ1) is 18.4. The van der Waals surface area contributed by atoms with E-state index in [9.17, 15) is 4.79 Å². The molecule has 1 fully saturated rings.